The molecule has 10 aromatic rings. The first kappa shape index (κ1) is 30.0. The topological polar surface area (TPSA) is 9.86 Å². The van der Waals surface area contributed by atoms with E-state index in [1.54, 1.807) is 0 Å². The average molecular weight is 677 g/mol. The number of hydrogen-bond donors (Lipinski definition) is 0. The number of benzene rings is 8. The third-order valence-corrected chi connectivity index (χ3v) is 11.7. The summed E-state index contributed by atoms with van der Waals surface area (Å²) in [7, 11) is 0. The van der Waals surface area contributed by atoms with E-state index in [1.807, 2.05) is 0 Å². The van der Waals surface area contributed by atoms with Crippen LogP contribution in [0, 0.1) is 0 Å². The molecule has 0 amide bonds. The summed E-state index contributed by atoms with van der Waals surface area (Å²) in [6.07, 6.45) is 0. The Labute approximate surface area is 308 Å². The first-order chi connectivity index (χ1) is 26.0. The van der Waals surface area contributed by atoms with Gasteiger partial charge in [-0.1, -0.05) is 123 Å². The van der Waals surface area contributed by atoms with Crippen LogP contribution in [0.15, 0.2) is 182 Å². The summed E-state index contributed by atoms with van der Waals surface area (Å²) in [6, 6.07) is 67.0. The van der Waals surface area contributed by atoms with Gasteiger partial charge in [0.05, 0.1) is 22.1 Å². The largest absolute Gasteiger partial charge is 0.309 e. The molecule has 0 unspecified atom stereocenters. The summed E-state index contributed by atoms with van der Waals surface area (Å²) in [4.78, 5) is 0. The van der Waals surface area contributed by atoms with E-state index < -0.39 is 0 Å². The second-order valence-corrected chi connectivity index (χ2v) is 15.0. The van der Waals surface area contributed by atoms with Gasteiger partial charge in [-0.3, -0.25) is 0 Å². The summed E-state index contributed by atoms with van der Waals surface area (Å²) < 4.78 is 4.83. The van der Waals surface area contributed by atoms with E-state index in [1.165, 1.54) is 99.5 Å². The molecule has 0 saturated heterocycles. The number of aromatic nitrogens is 2. The van der Waals surface area contributed by atoms with Crippen LogP contribution >= 0.6 is 0 Å². The van der Waals surface area contributed by atoms with Crippen molar-refractivity contribution in [2.24, 2.45) is 0 Å². The van der Waals surface area contributed by atoms with Gasteiger partial charge in [0.1, 0.15) is 0 Å². The van der Waals surface area contributed by atoms with E-state index in [2.05, 4.69) is 205 Å². The SMILES string of the molecule is CC1(C)c2cc(-c3ccc4c(c3)c3ccccc3n4-c3ccccc3)ccc2-c2cc3c4cc(-c5ccccc5)ccc4n(-c4ccccc4)c3cc21. The Hall–Kier alpha value is -6.64. The first-order valence-corrected chi connectivity index (χ1v) is 18.5. The van der Waals surface area contributed by atoms with E-state index >= 15 is 0 Å². The normalized spacial score (nSPS) is 13.2. The fourth-order valence-corrected chi connectivity index (χ4v) is 9.10. The highest BCUT2D eigenvalue weighted by atomic mass is 15.0. The van der Waals surface area contributed by atoms with Gasteiger partial charge in [0.15, 0.2) is 0 Å². The fourth-order valence-electron chi connectivity index (χ4n) is 9.10. The van der Waals surface area contributed by atoms with E-state index in [-0.39, 0.29) is 5.41 Å². The Morgan fingerprint density at radius 1 is 0.321 bits per heavy atom. The molecule has 1 aliphatic carbocycles. The van der Waals surface area contributed by atoms with Crippen LogP contribution in [0.4, 0.5) is 0 Å². The summed E-state index contributed by atoms with van der Waals surface area (Å²) >= 11 is 0. The molecule has 1 aliphatic rings. The molecule has 0 spiro atoms. The van der Waals surface area contributed by atoms with Crippen LogP contribution < -0.4 is 0 Å². The maximum atomic E-state index is 2.48. The summed E-state index contributed by atoms with van der Waals surface area (Å²) in [5.74, 6) is 0. The molecule has 11 rings (SSSR count). The van der Waals surface area contributed by atoms with Crippen LogP contribution in [-0.2, 0) is 5.41 Å². The van der Waals surface area contributed by atoms with E-state index in [0.717, 1.165) is 0 Å². The monoisotopic (exact) mass is 676 g/mol. The van der Waals surface area contributed by atoms with Gasteiger partial charge in [-0.2, -0.15) is 0 Å². The van der Waals surface area contributed by atoms with Crippen molar-refractivity contribution >= 4 is 43.6 Å². The maximum absolute atomic E-state index is 2.48. The molecule has 0 radical (unpaired) electrons. The number of fused-ring (bicyclic) bond motifs is 9. The number of hydrogen-bond acceptors (Lipinski definition) is 0. The highest BCUT2D eigenvalue weighted by molar-refractivity contribution is 6.13. The predicted octanol–water partition coefficient (Wildman–Crippen LogP) is 13.5. The molecule has 8 aromatic carbocycles. The molecule has 0 N–H and O–H groups in total. The fraction of sp³-hybridized carbons (Fsp3) is 0.0588. The third kappa shape index (κ3) is 4.39. The minimum atomic E-state index is -0.171. The van der Waals surface area contributed by atoms with Gasteiger partial charge in [0.2, 0.25) is 0 Å². The molecule has 0 bridgehead atoms. The minimum absolute atomic E-state index is 0.171. The minimum Gasteiger partial charge on any atom is -0.309 e. The molecule has 250 valence electrons. The molecule has 0 atom stereocenters. The van der Waals surface area contributed by atoms with Gasteiger partial charge < -0.3 is 9.13 Å². The lowest BCUT2D eigenvalue weighted by atomic mass is 9.81. The average Bonchev–Trinajstić information content (AvgIpc) is 3.80. The van der Waals surface area contributed by atoms with Crippen molar-refractivity contribution in [2.75, 3.05) is 0 Å². The van der Waals surface area contributed by atoms with E-state index in [4.69, 9.17) is 0 Å². The van der Waals surface area contributed by atoms with Crippen LogP contribution in [0.2, 0.25) is 0 Å². The maximum Gasteiger partial charge on any atom is 0.0544 e. The molecular formula is C51H36N2. The highest BCUT2D eigenvalue weighted by Gasteiger charge is 2.37. The Morgan fingerprint density at radius 2 is 0.792 bits per heavy atom. The van der Waals surface area contributed by atoms with Crippen molar-refractivity contribution in [1.29, 1.82) is 0 Å². The van der Waals surface area contributed by atoms with Gasteiger partial charge in [-0.05, 0) is 117 Å². The van der Waals surface area contributed by atoms with Crippen LogP contribution in [0.5, 0.6) is 0 Å². The van der Waals surface area contributed by atoms with Crippen molar-refractivity contribution in [2.45, 2.75) is 19.3 Å². The molecule has 0 fully saturated rings. The molecule has 0 aliphatic heterocycles. The quantitative estimate of drug-likeness (QED) is 0.176. The lowest BCUT2D eigenvalue weighted by molar-refractivity contribution is 0.661. The van der Waals surface area contributed by atoms with Gasteiger partial charge in [0, 0.05) is 38.3 Å². The molecule has 2 heterocycles. The number of rotatable bonds is 4. The smallest absolute Gasteiger partial charge is 0.0544 e. The zero-order chi connectivity index (χ0) is 35.3. The molecule has 2 aromatic heterocycles. The predicted molar refractivity (Wildman–Crippen MR) is 224 cm³/mol. The first-order valence-electron chi connectivity index (χ1n) is 18.5. The highest BCUT2D eigenvalue weighted by Crippen LogP contribution is 2.52. The van der Waals surface area contributed by atoms with Gasteiger partial charge >= 0.3 is 0 Å². The molecule has 0 saturated carbocycles. The van der Waals surface area contributed by atoms with Gasteiger partial charge in [-0.25, -0.2) is 0 Å². The lowest BCUT2D eigenvalue weighted by Gasteiger charge is -2.22. The van der Waals surface area contributed by atoms with E-state index in [0.29, 0.717) is 0 Å². The van der Waals surface area contributed by atoms with Crippen molar-refractivity contribution in [3.63, 3.8) is 0 Å². The summed E-state index contributed by atoms with van der Waals surface area (Å²) in [5.41, 5.74) is 17.5. The standard InChI is InChI=1S/C51H36N2/c1-51(2)45-30-36(35-24-27-48-42(29-35)40-20-12-13-21-47(40)52(48)37-16-8-4-9-17-37)22-25-39(45)41-31-44-43-28-34(33-14-6-3-7-15-33)23-26-49(43)53(50(44)32-46(41)51)38-18-10-5-11-19-38/h3-32H,1-2H3. The Kier molecular flexibility index (Phi) is 6.33. The molecule has 2 nitrogen and oxygen atoms in total. The van der Waals surface area contributed by atoms with Crippen LogP contribution in [0.25, 0.3) is 88.4 Å². The molecule has 2 heteroatoms. The Morgan fingerprint density at radius 3 is 1.47 bits per heavy atom. The third-order valence-electron chi connectivity index (χ3n) is 11.7. The zero-order valence-corrected chi connectivity index (χ0v) is 29.7. The van der Waals surface area contributed by atoms with Gasteiger partial charge in [0.25, 0.3) is 0 Å². The van der Waals surface area contributed by atoms with E-state index in [9.17, 15) is 0 Å². The zero-order valence-electron chi connectivity index (χ0n) is 29.7. The Balaban J connectivity index is 1.09. The summed E-state index contributed by atoms with van der Waals surface area (Å²) in [6.45, 7) is 4.79. The van der Waals surface area contributed by atoms with Gasteiger partial charge in [-0.15, -0.1) is 0 Å². The molecule has 53 heavy (non-hydrogen) atoms. The Bertz CT molecular complexity index is 3050. The van der Waals surface area contributed by atoms with Crippen molar-refractivity contribution in [3.05, 3.63) is 193 Å². The summed E-state index contributed by atoms with van der Waals surface area (Å²) in [5, 5.41) is 5.11. The molecular weight excluding hydrogens is 641 g/mol. The van der Waals surface area contributed by atoms with Crippen molar-refractivity contribution in [1.82, 2.24) is 9.13 Å². The van der Waals surface area contributed by atoms with Crippen molar-refractivity contribution < 1.29 is 0 Å². The second kappa shape index (κ2) is 11.2. The van der Waals surface area contributed by atoms with Crippen LogP contribution in [0.1, 0.15) is 25.0 Å². The number of nitrogens with zero attached hydrogens (tertiary/aromatic N) is 2. The van der Waals surface area contributed by atoms with Crippen molar-refractivity contribution in [3.8, 4) is 44.8 Å². The van der Waals surface area contributed by atoms with Crippen LogP contribution in [-0.4, -0.2) is 9.13 Å². The second-order valence-electron chi connectivity index (χ2n) is 15.0. The lowest BCUT2D eigenvalue weighted by Crippen LogP contribution is -2.15. The van der Waals surface area contributed by atoms with Crippen LogP contribution in [0.3, 0.4) is 0 Å². The number of para-hydroxylation sites is 3.